The molecule has 0 aliphatic carbocycles. The maximum Gasteiger partial charge on any atom is 0.306 e. The van der Waals surface area contributed by atoms with Crippen LogP contribution in [0, 0.1) is 0 Å². The average Bonchev–Trinajstić information content (AvgIpc) is 2.50. The maximum absolute atomic E-state index is 11.8. The van der Waals surface area contributed by atoms with Crippen LogP contribution in [-0.2, 0) is 9.53 Å². The zero-order chi connectivity index (χ0) is 15.3. The lowest BCUT2D eigenvalue weighted by Crippen LogP contribution is -2.08. The molecule has 2 heteroatoms. The van der Waals surface area contributed by atoms with Crippen molar-refractivity contribution in [3.8, 4) is 0 Å². The standard InChI is InChI=1S/C19H30O2/c1-3-4-5-6-7-8-9-13-16-19(20)21-17(2)18-14-11-10-12-15-18/h10-12,14-15,17H,3-9,13,16H2,1-2H3. The van der Waals surface area contributed by atoms with Gasteiger partial charge in [0.1, 0.15) is 6.10 Å². The molecule has 1 unspecified atom stereocenters. The van der Waals surface area contributed by atoms with Crippen LogP contribution in [0.5, 0.6) is 0 Å². The predicted molar refractivity (Wildman–Crippen MR) is 88.2 cm³/mol. The fourth-order valence-corrected chi connectivity index (χ4v) is 2.45. The van der Waals surface area contributed by atoms with Gasteiger partial charge in [-0.1, -0.05) is 82.2 Å². The Labute approximate surface area is 129 Å². The summed E-state index contributed by atoms with van der Waals surface area (Å²) in [5, 5.41) is 0. The molecule has 0 aliphatic heterocycles. The second kappa shape index (κ2) is 11.4. The Morgan fingerprint density at radius 2 is 1.52 bits per heavy atom. The Balaban J connectivity index is 2.04. The van der Waals surface area contributed by atoms with Gasteiger partial charge in [0.2, 0.25) is 0 Å². The van der Waals surface area contributed by atoms with Crippen LogP contribution in [0.25, 0.3) is 0 Å². The van der Waals surface area contributed by atoms with Gasteiger partial charge in [-0.15, -0.1) is 0 Å². The molecule has 0 N–H and O–H groups in total. The molecule has 21 heavy (non-hydrogen) atoms. The summed E-state index contributed by atoms with van der Waals surface area (Å²) in [6.07, 6.45) is 10.4. The van der Waals surface area contributed by atoms with Crippen LogP contribution in [0.2, 0.25) is 0 Å². The molecule has 0 amide bonds. The topological polar surface area (TPSA) is 26.3 Å². The first-order valence-electron chi connectivity index (χ1n) is 8.48. The summed E-state index contributed by atoms with van der Waals surface area (Å²) in [5.41, 5.74) is 1.06. The minimum absolute atomic E-state index is 0.0719. The largest absolute Gasteiger partial charge is 0.458 e. The number of rotatable bonds is 11. The zero-order valence-electron chi connectivity index (χ0n) is 13.6. The van der Waals surface area contributed by atoms with Crippen molar-refractivity contribution in [2.75, 3.05) is 0 Å². The van der Waals surface area contributed by atoms with Crippen LogP contribution in [0.1, 0.15) is 83.3 Å². The number of carbonyl (C=O) groups is 1. The van der Waals surface area contributed by atoms with E-state index in [2.05, 4.69) is 6.92 Å². The Morgan fingerprint density at radius 1 is 0.952 bits per heavy atom. The zero-order valence-corrected chi connectivity index (χ0v) is 13.6. The van der Waals surface area contributed by atoms with Crippen molar-refractivity contribution in [1.29, 1.82) is 0 Å². The monoisotopic (exact) mass is 290 g/mol. The Bertz CT molecular complexity index is 372. The normalized spacial score (nSPS) is 12.1. The van der Waals surface area contributed by atoms with Gasteiger partial charge in [-0.2, -0.15) is 0 Å². The second-order valence-electron chi connectivity index (χ2n) is 5.77. The van der Waals surface area contributed by atoms with Crippen LogP contribution in [0.3, 0.4) is 0 Å². The highest BCUT2D eigenvalue weighted by molar-refractivity contribution is 5.69. The Kier molecular flexibility index (Phi) is 9.60. The summed E-state index contributed by atoms with van der Waals surface area (Å²) in [5.74, 6) is -0.0719. The predicted octanol–water partition coefficient (Wildman–Crippen LogP) is 5.82. The van der Waals surface area contributed by atoms with Crippen LogP contribution >= 0.6 is 0 Å². The molecule has 0 bridgehead atoms. The second-order valence-corrected chi connectivity index (χ2v) is 5.77. The number of ether oxygens (including phenoxy) is 1. The van der Waals surface area contributed by atoms with E-state index in [1.54, 1.807) is 0 Å². The molecule has 1 atom stereocenters. The van der Waals surface area contributed by atoms with Crippen LogP contribution < -0.4 is 0 Å². The molecule has 1 aromatic carbocycles. The van der Waals surface area contributed by atoms with E-state index in [9.17, 15) is 4.79 Å². The minimum atomic E-state index is -0.146. The number of benzene rings is 1. The third-order valence-corrected chi connectivity index (χ3v) is 3.81. The Morgan fingerprint density at radius 3 is 2.14 bits per heavy atom. The van der Waals surface area contributed by atoms with Gasteiger partial charge in [0.25, 0.3) is 0 Å². The molecule has 118 valence electrons. The number of hydrogen-bond acceptors (Lipinski definition) is 2. The SMILES string of the molecule is CCCCCCCCCCC(=O)OC(C)c1ccccc1. The first-order valence-corrected chi connectivity index (χ1v) is 8.48. The van der Waals surface area contributed by atoms with Crippen molar-refractivity contribution in [2.45, 2.75) is 77.7 Å². The summed E-state index contributed by atoms with van der Waals surface area (Å²) in [6, 6.07) is 9.90. The van der Waals surface area contributed by atoms with Crippen molar-refractivity contribution in [1.82, 2.24) is 0 Å². The molecule has 0 aromatic heterocycles. The molecule has 0 aliphatic rings. The van der Waals surface area contributed by atoms with Crippen molar-refractivity contribution < 1.29 is 9.53 Å². The summed E-state index contributed by atoms with van der Waals surface area (Å²) < 4.78 is 5.46. The number of esters is 1. The van der Waals surface area contributed by atoms with Crippen molar-refractivity contribution >= 4 is 5.97 Å². The van der Waals surface area contributed by atoms with Gasteiger partial charge in [0.15, 0.2) is 0 Å². The van der Waals surface area contributed by atoms with E-state index in [1.165, 1.54) is 38.5 Å². The molecule has 2 nitrogen and oxygen atoms in total. The lowest BCUT2D eigenvalue weighted by atomic mass is 10.1. The summed E-state index contributed by atoms with van der Waals surface area (Å²) >= 11 is 0. The first-order chi connectivity index (χ1) is 10.2. The molecular weight excluding hydrogens is 260 g/mol. The maximum atomic E-state index is 11.8. The highest BCUT2D eigenvalue weighted by Gasteiger charge is 2.10. The molecule has 1 rings (SSSR count). The summed E-state index contributed by atoms with van der Waals surface area (Å²) in [6.45, 7) is 4.17. The molecule has 0 fully saturated rings. The van der Waals surface area contributed by atoms with E-state index >= 15 is 0 Å². The lowest BCUT2D eigenvalue weighted by Gasteiger charge is -2.13. The van der Waals surface area contributed by atoms with Gasteiger partial charge < -0.3 is 4.74 Å². The fourth-order valence-electron chi connectivity index (χ4n) is 2.45. The number of unbranched alkanes of at least 4 members (excludes halogenated alkanes) is 7. The van der Waals surface area contributed by atoms with Gasteiger partial charge in [-0.05, 0) is 18.9 Å². The van der Waals surface area contributed by atoms with Crippen molar-refractivity contribution in [2.24, 2.45) is 0 Å². The third-order valence-electron chi connectivity index (χ3n) is 3.81. The van der Waals surface area contributed by atoms with Gasteiger partial charge in [0, 0.05) is 6.42 Å². The third kappa shape index (κ3) is 8.54. The van der Waals surface area contributed by atoms with Gasteiger partial charge in [-0.25, -0.2) is 0 Å². The molecule has 0 saturated heterocycles. The highest BCUT2D eigenvalue weighted by Crippen LogP contribution is 2.17. The van der Waals surface area contributed by atoms with Gasteiger partial charge in [-0.3, -0.25) is 4.79 Å². The van der Waals surface area contributed by atoms with E-state index in [0.717, 1.165) is 18.4 Å². The van der Waals surface area contributed by atoms with E-state index in [0.29, 0.717) is 6.42 Å². The lowest BCUT2D eigenvalue weighted by molar-refractivity contribution is -0.148. The number of carbonyl (C=O) groups excluding carboxylic acids is 1. The van der Waals surface area contributed by atoms with Crippen LogP contribution in [-0.4, -0.2) is 5.97 Å². The fraction of sp³-hybridized carbons (Fsp3) is 0.632. The molecule has 0 radical (unpaired) electrons. The minimum Gasteiger partial charge on any atom is -0.458 e. The number of hydrogen-bond donors (Lipinski definition) is 0. The molecule has 0 heterocycles. The van der Waals surface area contributed by atoms with Gasteiger partial charge >= 0.3 is 5.97 Å². The molecule has 0 spiro atoms. The summed E-state index contributed by atoms with van der Waals surface area (Å²) in [7, 11) is 0. The smallest absolute Gasteiger partial charge is 0.306 e. The Hall–Kier alpha value is -1.31. The molecular formula is C19H30O2. The molecule has 1 aromatic rings. The van der Waals surface area contributed by atoms with Crippen LogP contribution in [0.4, 0.5) is 0 Å². The van der Waals surface area contributed by atoms with Gasteiger partial charge in [0.05, 0.1) is 0 Å². The highest BCUT2D eigenvalue weighted by atomic mass is 16.5. The van der Waals surface area contributed by atoms with Crippen molar-refractivity contribution in [3.05, 3.63) is 35.9 Å². The van der Waals surface area contributed by atoms with E-state index in [1.807, 2.05) is 37.3 Å². The van der Waals surface area contributed by atoms with E-state index in [-0.39, 0.29) is 12.1 Å². The van der Waals surface area contributed by atoms with Crippen LogP contribution in [0.15, 0.2) is 30.3 Å². The quantitative estimate of drug-likeness (QED) is 0.379. The van der Waals surface area contributed by atoms with E-state index in [4.69, 9.17) is 4.74 Å². The molecule has 0 saturated carbocycles. The summed E-state index contributed by atoms with van der Waals surface area (Å²) in [4.78, 5) is 11.8. The first kappa shape index (κ1) is 17.7. The van der Waals surface area contributed by atoms with Crippen molar-refractivity contribution in [3.63, 3.8) is 0 Å². The van der Waals surface area contributed by atoms with E-state index < -0.39 is 0 Å². The average molecular weight is 290 g/mol.